The van der Waals surface area contributed by atoms with E-state index in [1.165, 1.54) is 6.92 Å². The summed E-state index contributed by atoms with van der Waals surface area (Å²) in [5.41, 5.74) is 0. The number of esters is 1. The molecule has 0 radical (unpaired) electrons. The van der Waals surface area contributed by atoms with Crippen molar-refractivity contribution >= 4 is 5.97 Å². The van der Waals surface area contributed by atoms with Gasteiger partial charge in [0.15, 0.2) is 5.79 Å². The molecule has 1 spiro atoms. The minimum atomic E-state index is -0.301. The van der Waals surface area contributed by atoms with E-state index in [0.29, 0.717) is 17.8 Å². The van der Waals surface area contributed by atoms with Gasteiger partial charge in [0.2, 0.25) is 0 Å². The maximum absolute atomic E-state index is 11.0. The highest BCUT2D eigenvalue weighted by atomic mass is 16.7. The van der Waals surface area contributed by atoms with Crippen molar-refractivity contribution in [2.45, 2.75) is 45.0 Å². The van der Waals surface area contributed by atoms with Crippen LogP contribution in [-0.2, 0) is 19.0 Å². The van der Waals surface area contributed by atoms with Gasteiger partial charge >= 0.3 is 5.97 Å². The van der Waals surface area contributed by atoms with Gasteiger partial charge in [-0.05, 0) is 24.2 Å². The van der Waals surface area contributed by atoms with Gasteiger partial charge in [-0.15, -0.1) is 0 Å². The molecular formula is C13H20O4. The van der Waals surface area contributed by atoms with Gasteiger partial charge < -0.3 is 14.2 Å². The summed E-state index contributed by atoms with van der Waals surface area (Å²) in [4.78, 5) is 11.0. The van der Waals surface area contributed by atoms with Crippen molar-refractivity contribution in [1.29, 1.82) is 0 Å². The molecule has 0 aromatic carbocycles. The summed E-state index contributed by atoms with van der Waals surface area (Å²) in [5, 5.41) is 0. The molecule has 0 bridgehead atoms. The van der Waals surface area contributed by atoms with Gasteiger partial charge in [0.1, 0.15) is 6.10 Å². The highest BCUT2D eigenvalue weighted by Crippen LogP contribution is 2.54. The van der Waals surface area contributed by atoms with Crippen LogP contribution in [0.1, 0.15) is 33.1 Å². The summed E-state index contributed by atoms with van der Waals surface area (Å²) in [6.07, 6.45) is 3.01. The van der Waals surface area contributed by atoms with Crippen molar-refractivity contribution in [1.82, 2.24) is 0 Å². The molecule has 96 valence electrons. The van der Waals surface area contributed by atoms with E-state index < -0.39 is 0 Å². The summed E-state index contributed by atoms with van der Waals surface area (Å²) < 4.78 is 16.9. The van der Waals surface area contributed by atoms with Crippen LogP contribution in [0, 0.1) is 17.8 Å². The average Bonchev–Trinajstić information content (AvgIpc) is 2.90. The van der Waals surface area contributed by atoms with E-state index in [1.54, 1.807) is 0 Å². The summed E-state index contributed by atoms with van der Waals surface area (Å²) in [6.45, 7) is 5.13. The molecule has 0 aromatic rings. The van der Waals surface area contributed by atoms with E-state index in [9.17, 15) is 4.79 Å². The highest BCUT2D eigenvalue weighted by Gasteiger charge is 2.56. The van der Waals surface area contributed by atoms with Gasteiger partial charge in [0.25, 0.3) is 0 Å². The summed E-state index contributed by atoms with van der Waals surface area (Å²) in [7, 11) is 0. The van der Waals surface area contributed by atoms with Crippen LogP contribution in [0.5, 0.6) is 0 Å². The van der Waals surface area contributed by atoms with E-state index in [2.05, 4.69) is 6.92 Å². The monoisotopic (exact) mass is 240 g/mol. The molecule has 3 fully saturated rings. The molecular weight excluding hydrogens is 220 g/mol. The SMILES string of the molecule is CC(=O)O[C@@H]1C[C@H]2CC3(C[C@H]2[C@H]1C)OCCO3. The second-order valence-corrected chi connectivity index (χ2v) is 5.68. The molecule has 1 heterocycles. The third kappa shape index (κ3) is 1.87. The molecule has 4 nitrogen and oxygen atoms in total. The molecule has 2 saturated carbocycles. The summed E-state index contributed by atoms with van der Waals surface area (Å²) in [6, 6.07) is 0. The molecule has 0 N–H and O–H groups in total. The first kappa shape index (κ1) is 11.5. The Kier molecular flexibility index (Phi) is 2.67. The van der Waals surface area contributed by atoms with Gasteiger partial charge in [-0.2, -0.15) is 0 Å². The Balaban J connectivity index is 1.67. The van der Waals surface area contributed by atoms with Crippen molar-refractivity contribution < 1.29 is 19.0 Å². The zero-order valence-electron chi connectivity index (χ0n) is 10.5. The molecule has 4 atom stereocenters. The largest absolute Gasteiger partial charge is 0.462 e. The number of hydrogen-bond donors (Lipinski definition) is 0. The van der Waals surface area contributed by atoms with E-state index >= 15 is 0 Å². The molecule has 3 aliphatic rings. The Morgan fingerprint density at radius 3 is 2.59 bits per heavy atom. The van der Waals surface area contributed by atoms with Gasteiger partial charge in [-0.3, -0.25) is 4.79 Å². The standard InChI is InChI=1S/C13H20O4/c1-8-11-7-13(15-3-4-16-13)6-10(11)5-12(8)17-9(2)14/h8,10-12H,3-7H2,1-2H3/t8-,10+,11+,12-/m1/s1. The molecule has 2 aliphatic carbocycles. The topological polar surface area (TPSA) is 44.8 Å². The fourth-order valence-electron chi connectivity index (χ4n) is 3.92. The minimum Gasteiger partial charge on any atom is -0.462 e. The molecule has 0 aromatic heterocycles. The zero-order valence-corrected chi connectivity index (χ0v) is 10.5. The normalized spacial score (nSPS) is 42.9. The zero-order chi connectivity index (χ0) is 12.0. The maximum Gasteiger partial charge on any atom is 0.302 e. The molecule has 0 amide bonds. The number of fused-ring (bicyclic) bond motifs is 1. The second kappa shape index (κ2) is 3.95. The van der Waals surface area contributed by atoms with E-state index in [0.717, 1.165) is 32.5 Å². The second-order valence-electron chi connectivity index (χ2n) is 5.68. The first-order chi connectivity index (χ1) is 8.10. The van der Waals surface area contributed by atoms with Crippen LogP contribution in [0.2, 0.25) is 0 Å². The third-order valence-corrected chi connectivity index (χ3v) is 4.65. The lowest BCUT2D eigenvalue weighted by molar-refractivity contribution is -0.161. The van der Waals surface area contributed by atoms with Crippen LogP contribution >= 0.6 is 0 Å². The molecule has 17 heavy (non-hydrogen) atoms. The number of ether oxygens (including phenoxy) is 3. The quantitative estimate of drug-likeness (QED) is 0.655. The number of carbonyl (C=O) groups is 1. The smallest absolute Gasteiger partial charge is 0.302 e. The van der Waals surface area contributed by atoms with Gasteiger partial charge in [0, 0.05) is 19.8 Å². The summed E-state index contributed by atoms with van der Waals surface area (Å²) in [5.74, 6) is 1.14. The molecule has 1 saturated heterocycles. The Hall–Kier alpha value is -0.610. The van der Waals surface area contributed by atoms with Crippen LogP contribution in [-0.4, -0.2) is 31.1 Å². The van der Waals surface area contributed by atoms with E-state index in [1.807, 2.05) is 0 Å². The van der Waals surface area contributed by atoms with E-state index in [4.69, 9.17) is 14.2 Å². The number of carbonyl (C=O) groups excluding carboxylic acids is 1. The van der Waals surface area contributed by atoms with Crippen molar-refractivity contribution in [3.63, 3.8) is 0 Å². The Morgan fingerprint density at radius 1 is 1.29 bits per heavy atom. The Bertz CT molecular complexity index is 321. The molecule has 3 rings (SSSR count). The first-order valence-electron chi connectivity index (χ1n) is 6.55. The summed E-state index contributed by atoms with van der Waals surface area (Å²) >= 11 is 0. The van der Waals surface area contributed by atoms with Crippen LogP contribution < -0.4 is 0 Å². The van der Waals surface area contributed by atoms with Crippen molar-refractivity contribution in [3.05, 3.63) is 0 Å². The van der Waals surface area contributed by atoms with Crippen LogP contribution in [0.25, 0.3) is 0 Å². The molecule has 4 heteroatoms. The lowest BCUT2D eigenvalue weighted by Gasteiger charge is -2.26. The Labute approximate surface area is 102 Å². The highest BCUT2D eigenvalue weighted by molar-refractivity contribution is 5.66. The Morgan fingerprint density at radius 2 is 2.00 bits per heavy atom. The fourth-order valence-corrected chi connectivity index (χ4v) is 3.92. The van der Waals surface area contributed by atoms with Crippen LogP contribution in [0.4, 0.5) is 0 Å². The lowest BCUT2D eigenvalue weighted by atomic mass is 9.93. The predicted octanol–water partition coefficient (Wildman–Crippen LogP) is 1.73. The lowest BCUT2D eigenvalue weighted by Crippen LogP contribution is -2.30. The van der Waals surface area contributed by atoms with Crippen molar-refractivity contribution in [3.8, 4) is 0 Å². The van der Waals surface area contributed by atoms with E-state index in [-0.39, 0.29) is 17.9 Å². The van der Waals surface area contributed by atoms with Crippen molar-refractivity contribution in [2.75, 3.05) is 13.2 Å². The van der Waals surface area contributed by atoms with Crippen LogP contribution in [0.3, 0.4) is 0 Å². The average molecular weight is 240 g/mol. The van der Waals surface area contributed by atoms with Crippen LogP contribution in [0.15, 0.2) is 0 Å². The van der Waals surface area contributed by atoms with Gasteiger partial charge in [-0.25, -0.2) is 0 Å². The number of hydrogen-bond acceptors (Lipinski definition) is 4. The van der Waals surface area contributed by atoms with Crippen molar-refractivity contribution in [2.24, 2.45) is 17.8 Å². The van der Waals surface area contributed by atoms with Gasteiger partial charge in [0.05, 0.1) is 13.2 Å². The minimum absolute atomic E-state index is 0.0984. The van der Waals surface area contributed by atoms with Gasteiger partial charge in [-0.1, -0.05) is 6.92 Å². The molecule has 0 unspecified atom stereocenters. The fraction of sp³-hybridized carbons (Fsp3) is 0.923. The number of rotatable bonds is 1. The first-order valence-corrected chi connectivity index (χ1v) is 6.55. The molecule has 1 aliphatic heterocycles. The predicted molar refractivity (Wildman–Crippen MR) is 60.2 cm³/mol. The third-order valence-electron chi connectivity index (χ3n) is 4.65. The maximum atomic E-state index is 11.0.